The second-order valence-corrected chi connectivity index (χ2v) is 14.7. The highest BCUT2D eigenvalue weighted by Crippen LogP contribution is 2.43. The number of anilines is 3. The normalized spacial score (nSPS) is 17.7. The Balaban J connectivity index is 1.30. The van der Waals surface area contributed by atoms with Crippen LogP contribution in [0.15, 0.2) is 48.7 Å². The highest BCUT2D eigenvalue weighted by molar-refractivity contribution is 7.70. The third-order valence-corrected chi connectivity index (χ3v) is 9.82. The Bertz CT molecular complexity index is 1360. The summed E-state index contributed by atoms with van der Waals surface area (Å²) in [5, 5.41) is 4.13. The number of likely N-dealkylation sites (tertiary alicyclic amines) is 1. The molecule has 0 radical (unpaired) electrons. The van der Waals surface area contributed by atoms with E-state index in [2.05, 4.69) is 44.3 Å². The van der Waals surface area contributed by atoms with E-state index in [9.17, 15) is 4.57 Å². The van der Waals surface area contributed by atoms with Crippen LogP contribution in [0, 0.1) is 5.41 Å². The Morgan fingerprint density at radius 1 is 1.00 bits per heavy atom. The van der Waals surface area contributed by atoms with Gasteiger partial charge in [-0.1, -0.05) is 23.7 Å². The Morgan fingerprint density at radius 2 is 1.69 bits per heavy atom. The number of hydrogen-bond donors (Lipinski definition) is 1. The van der Waals surface area contributed by atoms with Gasteiger partial charge in [0.05, 0.1) is 24.3 Å². The first kappa shape index (κ1) is 27.8. The fourth-order valence-corrected chi connectivity index (χ4v) is 6.73. The van der Waals surface area contributed by atoms with Gasteiger partial charge < -0.3 is 29.2 Å². The van der Waals surface area contributed by atoms with Crippen LogP contribution in [-0.2, 0) is 4.57 Å². The van der Waals surface area contributed by atoms with Crippen molar-refractivity contribution in [1.29, 1.82) is 0 Å². The number of nitrogens with zero attached hydrogens (tertiary/aromatic N) is 4. The van der Waals surface area contributed by atoms with Gasteiger partial charge in [0.2, 0.25) is 11.8 Å². The zero-order chi connectivity index (χ0) is 27.6. The van der Waals surface area contributed by atoms with Gasteiger partial charge in [0.15, 0.2) is 0 Å². The molecular weight excluding hydrogens is 533 g/mol. The molecule has 2 aromatic carbocycles. The van der Waals surface area contributed by atoms with Crippen molar-refractivity contribution in [3.8, 4) is 17.4 Å². The molecule has 1 spiro atoms. The number of ether oxygens (including phenoxy) is 2. The lowest BCUT2D eigenvalue weighted by atomic mass is 9.71. The molecular formula is C29H37ClN5O3P. The molecule has 3 aromatic rings. The number of aromatic nitrogens is 2. The first-order valence-corrected chi connectivity index (χ1v) is 16.4. The van der Waals surface area contributed by atoms with Crippen LogP contribution in [-0.4, -0.2) is 68.5 Å². The van der Waals surface area contributed by atoms with Crippen LogP contribution >= 0.6 is 18.7 Å². The molecule has 10 heteroatoms. The van der Waals surface area contributed by atoms with E-state index in [1.165, 1.54) is 45.0 Å². The van der Waals surface area contributed by atoms with Gasteiger partial charge in [-0.15, -0.1) is 0 Å². The summed E-state index contributed by atoms with van der Waals surface area (Å²) < 4.78 is 24.5. The van der Waals surface area contributed by atoms with Crippen LogP contribution in [0.4, 0.5) is 17.3 Å². The van der Waals surface area contributed by atoms with Crippen molar-refractivity contribution in [3.63, 3.8) is 0 Å². The molecule has 0 unspecified atom stereocenters. The number of rotatable bonds is 7. The largest absolute Gasteiger partial charge is 0.494 e. The summed E-state index contributed by atoms with van der Waals surface area (Å²) in [6.45, 7) is 7.94. The lowest BCUT2D eigenvalue weighted by molar-refractivity contribution is 0.0945. The standard InChI is InChI=1S/C29H37ClN5O3P/c1-34-15-11-29(12-16-34)13-17-35(18-14-29)21-9-10-23(25(19-21)37-2)32-28-31-20-22(30)27(33-28)38-24-7-5-6-8-26(24)39(3,4)36/h5-10,19-20H,11-18H2,1-4H3,(H,31,32,33). The highest BCUT2D eigenvalue weighted by Gasteiger charge is 2.37. The van der Waals surface area contributed by atoms with E-state index in [0.717, 1.165) is 24.5 Å². The molecule has 1 aromatic heterocycles. The number of benzene rings is 2. The molecule has 0 bridgehead atoms. The van der Waals surface area contributed by atoms with Gasteiger partial charge in [-0.05, 0) is 88.8 Å². The SMILES string of the molecule is COc1cc(N2CCC3(CCN(C)CC3)CC2)ccc1Nc1ncc(Cl)c(Oc2ccccc2P(C)(C)=O)n1. The summed E-state index contributed by atoms with van der Waals surface area (Å²) in [7, 11) is 1.32. The summed E-state index contributed by atoms with van der Waals surface area (Å²) in [6, 6.07) is 13.4. The third-order valence-electron chi connectivity index (χ3n) is 8.03. The van der Waals surface area contributed by atoms with Crippen molar-refractivity contribution in [2.45, 2.75) is 25.7 Å². The quantitative estimate of drug-likeness (QED) is 0.335. The van der Waals surface area contributed by atoms with Crippen molar-refractivity contribution in [2.24, 2.45) is 5.41 Å². The summed E-state index contributed by atoms with van der Waals surface area (Å²) >= 11 is 6.36. The van der Waals surface area contributed by atoms with E-state index in [-0.39, 0.29) is 10.9 Å². The van der Waals surface area contributed by atoms with E-state index in [1.807, 2.05) is 18.2 Å². The maximum Gasteiger partial charge on any atom is 0.243 e. The molecule has 8 nitrogen and oxygen atoms in total. The van der Waals surface area contributed by atoms with Crippen molar-refractivity contribution < 1.29 is 14.0 Å². The maximum absolute atomic E-state index is 12.7. The van der Waals surface area contributed by atoms with Crippen molar-refractivity contribution >= 4 is 41.4 Å². The van der Waals surface area contributed by atoms with E-state index in [1.54, 1.807) is 32.6 Å². The number of methoxy groups -OCH3 is 1. The predicted molar refractivity (Wildman–Crippen MR) is 160 cm³/mol. The van der Waals surface area contributed by atoms with Crippen molar-refractivity contribution in [3.05, 3.63) is 53.7 Å². The summed E-state index contributed by atoms with van der Waals surface area (Å²) in [5.41, 5.74) is 2.40. The van der Waals surface area contributed by atoms with Crippen molar-refractivity contribution in [1.82, 2.24) is 14.9 Å². The molecule has 2 aliphatic heterocycles. The van der Waals surface area contributed by atoms with Gasteiger partial charge in [0, 0.05) is 24.8 Å². The molecule has 3 heterocycles. The molecule has 0 saturated carbocycles. The van der Waals surface area contributed by atoms with Crippen LogP contribution in [0.5, 0.6) is 17.4 Å². The molecule has 208 valence electrons. The fourth-order valence-electron chi connectivity index (χ4n) is 5.51. The van der Waals surface area contributed by atoms with Crippen LogP contribution in [0.2, 0.25) is 5.02 Å². The monoisotopic (exact) mass is 569 g/mol. The van der Waals surface area contributed by atoms with Gasteiger partial charge in [0.1, 0.15) is 23.7 Å². The molecule has 0 amide bonds. The summed E-state index contributed by atoms with van der Waals surface area (Å²) in [6.07, 6.45) is 6.56. The smallest absolute Gasteiger partial charge is 0.243 e. The predicted octanol–water partition coefficient (Wildman–Crippen LogP) is 6.23. The molecule has 1 N–H and O–H groups in total. The molecule has 0 aliphatic carbocycles. The highest BCUT2D eigenvalue weighted by atomic mass is 35.5. The van der Waals surface area contributed by atoms with E-state index in [0.29, 0.717) is 28.2 Å². The first-order chi connectivity index (χ1) is 18.7. The lowest BCUT2D eigenvalue weighted by Crippen LogP contribution is -2.46. The topological polar surface area (TPSA) is 79.8 Å². The number of piperidine rings is 2. The van der Waals surface area contributed by atoms with Crippen LogP contribution in [0.3, 0.4) is 0 Å². The van der Waals surface area contributed by atoms with Crippen LogP contribution < -0.4 is 25.0 Å². The van der Waals surface area contributed by atoms with Crippen molar-refractivity contribution in [2.75, 3.05) is 63.9 Å². The van der Waals surface area contributed by atoms with Crippen LogP contribution in [0.25, 0.3) is 0 Å². The minimum absolute atomic E-state index is 0.182. The Labute approximate surface area is 236 Å². The minimum Gasteiger partial charge on any atom is -0.494 e. The minimum atomic E-state index is -2.56. The Morgan fingerprint density at radius 3 is 2.38 bits per heavy atom. The lowest BCUT2D eigenvalue weighted by Gasteiger charge is -2.47. The molecule has 2 saturated heterocycles. The number of hydrogen-bond acceptors (Lipinski definition) is 8. The molecule has 0 atom stereocenters. The van der Waals surface area contributed by atoms with E-state index in [4.69, 9.17) is 21.1 Å². The number of halogens is 1. The number of para-hydroxylation sites is 1. The third kappa shape index (κ3) is 6.34. The molecule has 2 fully saturated rings. The van der Waals surface area contributed by atoms with Gasteiger partial charge in [0.25, 0.3) is 0 Å². The van der Waals surface area contributed by atoms with Gasteiger partial charge in [-0.25, -0.2) is 4.98 Å². The second-order valence-electron chi connectivity index (χ2n) is 11.1. The fraction of sp³-hybridized carbons (Fsp3) is 0.448. The summed E-state index contributed by atoms with van der Waals surface area (Å²) in [5.74, 6) is 1.66. The van der Waals surface area contributed by atoms with Gasteiger partial charge in [-0.2, -0.15) is 4.98 Å². The number of nitrogens with one attached hydrogen (secondary N) is 1. The van der Waals surface area contributed by atoms with E-state index < -0.39 is 7.14 Å². The van der Waals surface area contributed by atoms with Gasteiger partial charge in [-0.3, -0.25) is 0 Å². The first-order valence-electron chi connectivity index (χ1n) is 13.4. The Hall–Kier alpha value is -2.80. The second kappa shape index (κ2) is 11.4. The maximum atomic E-state index is 12.7. The van der Waals surface area contributed by atoms with Gasteiger partial charge >= 0.3 is 0 Å². The molecule has 39 heavy (non-hydrogen) atoms. The van der Waals surface area contributed by atoms with E-state index >= 15 is 0 Å². The average molecular weight is 570 g/mol. The Kier molecular flexibility index (Phi) is 8.08. The average Bonchev–Trinajstić information content (AvgIpc) is 2.93. The summed E-state index contributed by atoms with van der Waals surface area (Å²) in [4.78, 5) is 13.7. The zero-order valence-electron chi connectivity index (χ0n) is 23.1. The molecule has 5 rings (SSSR count). The van der Waals surface area contributed by atoms with Crippen LogP contribution in [0.1, 0.15) is 25.7 Å². The molecule has 2 aliphatic rings. The zero-order valence-corrected chi connectivity index (χ0v) is 24.8.